The summed E-state index contributed by atoms with van der Waals surface area (Å²) >= 11 is 0. The predicted molar refractivity (Wildman–Crippen MR) is 144 cm³/mol. The number of hydrogen-bond donors (Lipinski definition) is 2. The number of nitrogens with one attached hydrogen (secondary N) is 1. The summed E-state index contributed by atoms with van der Waals surface area (Å²) in [4.78, 5) is 26.4. The molecule has 4 heterocycles. The number of ether oxygens (including phenoxy) is 1. The molecule has 0 unspecified atom stereocenters. The van der Waals surface area contributed by atoms with Crippen molar-refractivity contribution in [1.29, 1.82) is 0 Å². The number of halogens is 1. The van der Waals surface area contributed by atoms with Crippen LogP contribution in [0.3, 0.4) is 0 Å². The number of hydrogen-bond acceptors (Lipinski definition) is 7. The maximum Gasteiger partial charge on any atom is 0.248 e. The molecular formula is C28H30FN5O3. The number of aromatic amines is 1. The Kier molecular flexibility index (Phi) is 6.08. The van der Waals surface area contributed by atoms with Gasteiger partial charge in [0.1, 0.15) is 17.3 Å². The summed E-state index contributed by atoms with van der Waals surface area (Å²) < 4.78 is 19.8. The molecule has 0 amide bonds. The van der Waals surface area contributed by atoms with Gasteiger partial charge in [0.25, 0.3) is 0 Å². The lowest BCUT2D eigenvalue weighted by molar-refractivity contribution is 0.160. The summed E-state index contributed by atoms with van der Waals surface area (Å²) in [6, 6.07) is 12.3. The minimum Gasteiger partial charge on any atom is -0.506 e. The number of fused-ring (bicyclic) bond motifs is 2. The number of nitrogens with zero attached hydrogens (tertiary/aromatic N) is 4. The third kappa shape index (κ3) is 4.44. The zero-order valence-electron chi connectivity index (χ0n) is 20.8. The maximum atomic E-state index is 14.3. The lowest BCUT2D eigenvalue weighted by Gasteiger charge is -2.44. The van der Waals surface area contributed by atoms with E-state index in [1.165, 1.54) is 18.3 Å². The fourth-order valence-electron chi connectivity index (χ4n) is 5.82. The van der Waals surface area contributed by atoms with E-state index in [1.54, 1.807) is 25.3 Å². The number of H-pyrrole nitrogens is 1. The zero-order chi connectivity index (χ0) is 25.5. The quantitative estimate of drug-likeness (QED) is 0.439. The Morgan fingerprint density at radius 3 is 2.49 bits per heavy atom. The number of piperidine rings is 1. The van der Waals surface area contributed by atoms with Gasteiger partial charge >= 0.3 is 0 Å². The Balaban J connectivity index is 1.13. The first-order valence-electron chi connectivity index (χ1n) is 12.7. The number of methoxy groups -OCH3 is 1. The van der Waals surface area contributed by atoms with Crippen LogP contribution in [0.2, 0.25) is 0 Å². The summed E-state index contributed by atoms with van der Waals surface area (Å²) in [6.07, 6.45) is 3.51. The smallest absolute Gasteiger partial charge is 0.248 e. The molecule has 2 aromatic heterocycles. The van der Waals surface area contributed by atoms with E-state index in [1.807, 2.05) is 12.1 Å². The molecule has 37 heavy (non-hydrogen) atoms. The van der Waals surface area contributed by atoms with Gasteiger partial charge in [0.15, 0.2) is 0 Å². The molecule has 192 valence electrons. The van der Waals surface area contributed by atoms with Crippen LogP contribution in [-0.4, -0.2) is 72.4 Å². The zero-order valence-corrected chi connectivity index (χ0v) is 20.8. The summed E-state index contributed by atoms with van der Waals surface area (Å²) in [5.74, 6) is 0.570. The lowest BCUT2D eigenvalue weighted by Crippen LogP contribution is -2.53. The molecule has 0 bridgehead atoms. The van der Waals surface area contributed by atoms with Crippen LogP contribution >= 0.6 is 0 Å². The van der Waals surface area contributed by atoms with E-state index in [-0.39, 0.29) is 17.1 Å². The number of piperazine rings is 1. The molecule has 2 saturated heterocycles. The van der Waals surface area contributed by atoms with Crippen LogP contribution in [0.5, 0.6) is 11.5 Å². The largest absolute Gasteiger partial charge is 0.506 e. The molecular weight excluding hydrogens is 473 g/mol. The third-order valence-corrected chi connectivity index (χ3v) is 7.75. The standard InChI is InChI=1S/C28H30FN5O3/c1-37-21-15-18-14-20(35)17-30-27(18)25(16-21)34-12-10-32(11-13-34)19-6-8-33(9-7-19)24-4-3-23(29)22-2-5-26(36)31-28(22)24/h2-5,14-17,19,35H,6-13H2,1H3,(H,31,36). The first kappa shape index (κ1) is 23.5. The van der Waals surface area contributed by atoms with Gasteiger partial charge in [-0.1, -0.05) is 0 Å². The summed E-state index contributed by atoms with van der Waals surface area (Å²) in [7, 11) is 1.65. The van der Waals surface area contributed by atoms with Gasteiger partial charge < -0.3 is 24.6 Å². The van der Waals surface area contributed by atoms with Gasteiger partial charge in [-0.05, 0) is 43.2 Å². The van der Waals surface area contributed by atoms with Gasteiger partial charge in [0.05, 0.1) is 35.7 Å². The highest BCUT2D eigenvalue weighted by Gasteiger charge is 2.29. The molecule has 2 N–H and O–H groups in total. The van der Waals surface area contributed by atoms with Crippen LogP contribution in [0.1, 0.15) is 12.8 Å². The van der Waals surface area contributed by atoms with Gasteiger partial charge in [-0.2, -0.15) is 0 Å². The highest BCUT2D eigenvalue weighted by atomic mass is 19.1. The number of anilines is 2. The maximum absolute atomic E-state index is 14.3. The first-order chi connectivity index (χ1) is 18.0. The SMILES string of the molecule is COc1cc(N2CCN(C3CCN(c4ccc(F)c5ccc(=O)[nH]c45)CC3)CC2)c2ncc(O)cc2c1. The highest BCUT2D eigenvalue weighted by Crippen LogP contribution is 2.34. The van der Waals surface area contributed by atoms with Crippen LogP contribution in [0.15, 0.2) is 53.5 Å². The second kappa shape index (κ2) is 9.55. The molecule has 2 fully saturated rings. The molecule has 4 aromatic rings. The van der Waals surface area contributed by atoms with Crippen molar-refractivity contribution in [3.63, 3.8) is 0 Å². The second-order valence-corrected chi connectivity index (χ2v) is 9.83. The Labute approximate surface area is 213 Å². The topological polar surface area (TPSA) is 84.9 Å². The van der Waals surface area contributed by atoms with Crippen molar-refractivity contribution in [2.45, 2.75) is 18.9 Å². The Bertz CT molecular complexity index is 1510. The Morgan fingerprint density at radius 2 is 1.73 bits per heavy atom. The van der Waals surface area contributed by atoms with E-state index >= 15 is 0 Å². The van der Waals surface area contributed by atoms with Crippen molar-refractivity contribution in [3.8, 4) is 11.5 Å². The summed E-state index contributed by atoms with van der Waals surface area (Å²) in [5.41, 5.74) is 3.14. The number of rotatable bonds is 4. The monoisotopic (exact) mass is 503 g/mol. The third-order valence-electron chi connectivity index (χ3n) is 7.75. The molecule has 6 rings (SSSR count). The lowest BCUT2D eigenvalue weighted by atomic mass is 10.0. The molecule has 8 nitrogen and oxygen atoms in total. The minimum atomic E-state index is -0.321. The van der Waals surface area contributed by atoms with Crippen molar-refractivity contribution in [2.75, 3.05) is 56.2 Å². The average Bonchev–Trinajstić information content (AvgIpc) is 2.92. The normalized spacial score (nSPS) is 17.6. The van der Waals surface area contributed by atoms with Crippen molar-refractivity contribution < 1.29 is 14.2 Å². The molecule has 0 saturated carbocycles. The van der Waals surface area contributed by atoms with Gasteiger partial charge in [0, 0.05) is 68.2 Å². The molecule has 0 spiro atoms. The number of benzene rings is 2. The second-order valence-electron chi connectivity index (χ2n) is 9.83. The van der Waals surface area contributed by atoms with E-state index in [0.29, 0.717) is 16.9 Å². The Morgan fingerprint density at radius 1 is 0.973 bits per heavy atom. The first-order valence-corrected chi connectivity index (χ1v) is 12.7. The van der Waals surface area contributed by atoms with Crippen molar-refractivity contribution in [3.05, 3.63) is 64.8 Å². The fourth-order valence-corrected chi connectivity index (χ4v) is 5.82. The van der Waals surface area contributed by atoms with Crippen LogP contribution in [0.25, 0.3) is 21.8 Å². The molecule has 0 aliphatic carbocycles. The molecule has 0 radical (unpaired) electrons. The molecule has 0 atom stereocenters. The van der Waals surface area contributed by atoms with E-state index in [4.69, 9.17) is 4.74 Å². The number of aromatic hydroxyl groups is 1. The average molecular weight is 504 g/mol. The van der Waals surface area contributed by atoms with E-state index in [2.05, 4.69) is 24.7 Å². The predicted octanol–water partition coefficient (Wildman–Crippen LogP) is 3.72. The Hall–Kier alpha value is -3.85. The summed E-state index contributed by atoms with van der Waals surface area (Å²) in [5, 5.41) is 11.2. The summed E-state index contributed by atoms with van der Waals surface area (Å²) in [6.45, 7) is 5.39. The molecule has 9 heteroatoms. The van der Waals surface area contributed by atoms with Gasteiger partial charge in [-0.15, -0.1) is 0 Å². The van der Waals surface area contributed by atoms with Crippen LogP contribution in [0.4, 0.5) is 15.8 Å². The van der Waals surface area contributed by atoms with Gasteiger partial charge in [0.2, 0.25) is 5.56 Å². The molecule has 2 aliphatic rings. The van der Waals surface area contributed by atoms with Crippen molar-refractivity contribution >= 4 is 33.2 Å². The molecule has 2 aromatic carbocycles. The number of pyridine rings is 2. The molecule has 2 aliphatic heterocycles. The van der Waals surface area contributed by atoms with E-state index < -0.39 is 0 Å². The van der Waals surface area contributed by atoms with Crippen LogP contribution < -0.4 is 20.1 Å². The van der Waals surface area contributed by atoms with Crippen molar-refractivity contribution in [1.82, 2.24) is 14.9 Å². The fraction of sp³-hybridized carbons (Fsp3) is 0.357. The van der Waals surface area contributed by atoms with Gasteiger partial charge in [-0.3, -0.25) is 14.7 Å². The van der Waals surface area contributed by atoms with Gasteiger partial charge in [-0.25, -0.2) is 4.39 Å². The van der Waals surface area contributed by atoms with E-state index in [9.17, 15) is 14.3 Å². The van der Waals surface area contributed by atoms with Crippen molar-refractivity contribution in [2.24, 2.45) is 0 Å². The minimum absolute atomic E-state index is 0.142. The van der Waals surface area contributed by atoms with Crippen LogP contribution in [0, 0.1) is 5.82 Å². The number of aromatic nitrogens is 2. The van der Waals surface area contributed by atoms with E-state index in [0.717, 1.165) is 80.1 Å². The van der Waals surface area contributed by atoms with Crippen LogP contribution in [-0.2, 0) is 0 Å². The highest BCUT2D eigenvalue weighted by molar-refractivity contribution is 5.93.